The zero-order valence-electron chi connectivity index (χ0n) is 12.9. The molecule has 0 N–H and O–H groups in total. The first-order valence-electron chi connectivity index (χ1n) is 7.24. The Hall–Kier alpha value is -2.85. The highest BCUT2D eigenvalue weighted by Crippen LogP contribution is 2.19. The first-order valence-corrected chi connectivity index (χ1v) is 7.62. The van der Waals surface area contributed by atoms with Crippen LogP contribution in [0, 0.1) is 0 Å². The number of cyclic esters (lactones) is 1. The summed E-state index contributed by atoms with van der Waals surface area (Å²) in [5, 5.41) is 0.597. The van der Waals surface area contributed by atoms with Crippen molar-refractivity contribution in [3.63, 3.8) is 0 Å². The molecule has 0 bridgehead atoms. The monoisotopic (exact) mass is 339 g/mol. The molecule has 0 saturated heterocycles. The second-order valence-electron chi connectivity index (χ2n) is 5.03. The molecule has 0 aliphatic carbocycles. The molecule has 0 saturated carbocycles. The highest BCUT2D eigenvalue weighted by atomic mass is 35.5. The molecule has 0 radical (unpaired) electrons. The zero-order chi connectivity index (χ0) is 16.9. The van der Waals surface area contributed by atoms with Crippen LogP contribution in [0.1, 0.15) is 11.1 Å². The third-order valence-corrected chi connectivity index (χ3v) is 3.56. The molecule has 0 atom stereocenters. The predicted molar refractivity (Wildman–Crippen MR) is 95.0 cm³/mol. The van der Waals surface area contributed by atoms with E-state index < -0.39 is 5.97 Å². The summed E-state index contributed by atoms with van der Waals surface area (Å²) >= 11 is 5.93. The van der Waals surface area contributed by atoms with E-state index in [1.807, 2.05) is 42.5 Å². The molecule has 2 aromatic carbocycles. The number of esters is 1. The number of carbonyl (C=O) groups is 1. The van der Waals surface area contributed by atoms with Gasteiger partial charge in [0.15, 0.2) is 5.70 Å². The van der Waals surface area contributed by atoms with Gasteiger partial charge in [-0.3, -0.25) is 0 Å². The fourth-order valence-electron chi connectivity index (χ4n) is 2.13. The van der Waals surface area contributed by atoms with Crippen molar-refractivity contribution >= 4 is 35.6 Å². The third kappa shape index (κ3) is 3.91. The summed E-state index contributed by atoms with van der Waals surface area (Å²) in [6, 6.07) is 14.7. The van der Waals surface area contributed by atoms with E-state index in [9.17, 15) is 4.79 Å². The van der Waals surface area contributed by atoms with Gasteiger partial charge in [0.05, 0.1) is 7.11 Å². The Kier molecular flexibility index (Phi) is 4.77. The van der Waals surface area contributed by atoms with E-state index >= 15 is 0 Å². The normalized spacial score (nSPS) is 15.7. The van der Waals surface area contributed by atoms with Crippen molar-refractivity contribution in [1.29, 1.82) is 0 Å². The van der Waals surface area contributed by atoms with Gasteiger partial charge in [0.2, 0.25) is 5.90 Å². The second kappa shape index (κ2) is 7.15. The molecule has 1 aliphatic rings. The van der Waals surface area contributed by atoms with E-state index in [0.717, 1.165) is 16.9 Å². The van der Waals surface area contributed by atoms with Gasteiger partial charge >= 0.3 is 5.97 Å². The maximum absolute atomic E-state index is 11.9. The van der Waals surface area contributed by atoms with Crippen molar-refractivity contribution in [1.82, 2.24) is 0 Å². The fraction of sp³-hybridized carbons (Fsp3) is 0.0526. The van der Waals surface area contributed by atoms with Crippen LogP contribution in [0.25, 0.3) is 12.2 Å². The number of nitrogens with zero attached hydrogens (tertiary/aromatic N) is 1. The third-order valence-electron chi connectivity index (χ3n) is 3.32. The SMILES string of the molecule is COc1ccc(/C=C/C2=NC(=C\c3cccc(Cl)c3)/C(=O)O2)cc1. The minimum atomic E-state index is -0.482. The van der Waals surface area contributed by atoms with E-state index in [0.29, 0.717) is 5.02 Å². The average molecular weight is 340 g/mol. The molecule has 0 aromatic heterocycles. The average Bonchev–Trinajstić information content (AvgIpc) is 2.93. The second-order valence-corrected chi connectivity index (χ2v) is 5.47. The Bertz CT molecular complexity index is 851. The Balaban J connectivity index is 1.77. The van der Waals surface area contributed by atoms with Gasteiger partial charge in [-0.25, -0.2) is 9.79 Å². The van der Waals surface area contributed by atoms with Crippen LogP contribution in [-0.2, 0) is 9.53 Å². The summed E-state index contributed by atoms with van der Waals surface area (Å²) in [6.45, 7) is 0. The van der Waals surface area contributed by atoms with Gasteiger partial charge in [0, 0.05) is 11.1 Å². The maximum atomic E-state index is 11.9. The number of methoxy groups -OCH3 is 1. The zero-order valence-corrected chi connectivity index (χ0v) is 13.7. The summed E-state index contributed by atoms with van der Waals surface area (Å²) in [4.78, 5) is 16.1. The number of benzene rings is 2. The molecule has 3 rings (SSSR count). The number of rotatable bonds is 4. The van der Waals surface area contributed by atoms with E-state index in [-0.39, 0.29) is 11.6 Å². The topological polar surface area (TPSA) is 47.9 Å². The number of ether oxygens (including phenoxy) is 2. The number of halogens is 1. The number of carbonyl (C=O) groups excluding carboxylic acids is 1. The Morgan fingerprint density at radius 3 is 2.58 bits per heavy atom. The van der Waals surface area contributed by atoms with Crippen LogP contribution < -0.4 is 4.74 Å². The maximum Gasteiger partial charge on any atom is 0.363 e. The Morgan fingerprint density at radius 1 is 1.08 bits per heavy atom. The molecule has 0 spiro atoms. The molecule has 24 heavy (non-hydrogen) atoms. The number of aliphatic imine (C=N–C) groups is 1. The summed E-state index contributed by atoms with van der Waals surface area (Å²) in [6.07, 6.45) is 5.11. The van der Waals surface area contributed by atoms with Crippen LogP contribution in [0.15, 0.2) is 65.3 Å². The highest BCUT2D eigenvalue weighted by Gasteiger charge is 2.21. The van der Waals surface area contributed by atoms with Crippen LogP contribution in [0.2, 0.25) is 5.02 Å². The Morgan fingerprint density at radius 2 is 1.88 bits per heavy atom. The van der Waals surface area contributed by atoms with Crippen molar-refractivity contribution in [3.05, 3.63) is 76.5 Å². The van der Waals surface area contributed by atoms with Gasteiger partial charge in [-0.15, -0.1) is 0 Å². The van der Waals surface area contributed by atoms with Gasteiger partial charge < -0.3 is 9.47 Å². The van der Waals surface area contributed by atoms with Crippen molar-refractivity contribution < 1.29 is 14.3 Å². The van der Waals surface area contributed by atoms with Gasteiger partial charge in [0.1, 0.15) is 5.75 Å². The summed E-state index contributed by atoms with van der Waals surface area (Å²) in [5.41, 5.74) is 1.98. The van der Waals surface area contributed by atoms with Crippen molar-refractivity contribution in [3.8, 4) is 5.75 Å². The summed E-state index contributed by atoms with van der Waals surface area (Å²) in [7, 11) is 1.62. The van der Waals surface area contributed by atoms with Crippen LogP contribution in [0.4, 0.5) is 0 Å². The lowest BCUT2D eigenvalue weighted by atomic mass is 10.2. The molecule has 1 aliphatic heterocycles. The molecule has 1 heterocycles. The lowest BCUT2D eigenvalue weighted by molar-refractivity contribution is -0.129. The largest absolute Gasteiger partial charge is 0.497 e. The van der Waals surface area contributed by atoms with Crippen LogP contribution in [-0.4, -0.2) is 19.0 Å². The van der Waals surface area contributed by atoms with Crippen molar-refractivity contribution in [2.24, 2.45) is 4.99 Å². The van der Waals surface area contributed by atoms with Gasteiger partial charge in [0.25, 0.3) is 0 Å². The minimum Gasteiger partial charge on any atom is -0.497 e. The molecule has 0 unspecified atom stereocenters. The van der Waals surface area contributed by atoms with Crippen molar-refractivity contribution in [2.75, 3.05) is 7.11 Å². The number of hydrogen-bond donors (Lipinski definition) is 0. The van der Waals surface area contributed by atoms with Gasteiger partial charge in [-0.1, -0.05) is 35.9 Å². The molecular formula is C19H14ClNO3. The molecule has 5 heteroatoms. The molecule has 0 fully saturated rings. The van der Waals surface area contributed by atoms with E-state index in [4.69, 9.17) is 21.1 Å². The van der Waals surface area contributed by atoms with Gasteiger partial charge in [-0.05, 0) is 47.5 Å². The van der Waals surface area contributed by atoms with Crippen LogP contribution in [0.3, 0.4) is 0 Å². The molecule has 4 nitrogen and oxygen atoms in total. The molecule has 0 amide bonds. The number of hydrogen-bond acceptors (Lipinski definition) is 4. The highest BCUT2D eigenvalue weighted by molar-refractivity contribution is 6.30. The Labute approximate surface area is 144 Å². The summed E-state index contributed by atoms with van der Waals surface area (Å²) < 4.78 is 10.2. The molecule has 120 valence electrons. The van der Waals surface area contributed by atoms with Crippen molar-refractivity contribution in [2.45, 2.75) is 0 Å². The molecule has 2 aromatic rings. The fourth-order valence-corrected chi connectivity index (χ4v) is 2.33. The lowest BCUT2D eigenvalue weighted by Gasteiger charge is -1.98. The first kappa shape index (κ1) is 16.0. The van der Waals surface area contributed by atoms with Crippen LogP contribution >= 0.6 is 11.6 Å². The standard InChI is InChI=1S/C19H14ClNO3/c1-23-16-8-5-13(6-9-16)7-10-18-21-17(19(22)24-18)12-14-3-2-4-15(20)11-14/h2-12H,1H3/b10-7+,17-12-. The molecular weight excluding hydrogens is 326 g/mol. The lowest BCUT2D eigenvalue weighted by Crippen LogP contribution is -2.01. The predicted octanol–water partition coefficient (Wildman–Crippen LogP) is 4.36. The van der Waals surface area contributed by atoms with Gasteiger partial charge in [-0.2, -0.15) is 0 Å². The first-order chi connectivity index (χ1) is 11.6. The van der Waals surface area contributed by atoms with E-state index in [1.54, 1.807) is 31.4 Å². The summed E-state index contributed by atoms with van der Waals surface area (Å²) in [5.74, 6) is 0.553. The quantitative estimate of drug-likeness (QED) is 0.614. The van der Waals surface area contributed by atoms with E-state index in [1.165, 1.54) is 0 Å². The van der Waals surface area contributed by atoms with E-state index in [2.05, 4.69) is 4.99 Å². The smallest absolute Gasteiger partial charge is 0.363 e. The minimum absolute atomic E-state index is 0.242. The van der Waals surface area contributed by atoms with Crippen LogP contribution in [0.5, 0.6) is 5.75 Å².